The maximum atomic E-state index is 11.6. The average molecular weight is 315 g/mol. The molecule has 1 rings (SSSR count). The van der Waals surface area contributed by atoms with Gasteiger partial charge < -0.3 is 9.64 Å². The lowest BCUT2D eigenvalue weighted by molar-refractivity contribution is -0.135. The van der Waals surface area contributed by atoms with Crippen LogP contribution in [0.15, 0.2) is 0 Å². The lowest BCUT2D eigenvalue weighted by Gasteiger charge is -2.26. The fourth-order valence-electron chi connectivity index (χ4n) is 1.32. The SMILES string of the molecule is O=C(CCNS(=O)(=O)CBr)N1CCOCC1. The van der Waals surface area contributed by atoms with Crippen LogP contribution in [-0.2, 0) is 19.6 Å². The summed E-state index contributed by atoms with van der Waals surface area (Å²) >= 11 is 2.85. The Morgan fingerprint density at radius 3 is 2.56 bits per heavy atom. The molecule has 1 amide bonds. The molecule has 0 aromatic heterocycles. The number of hydrogen-bond donors (Lipinski definition) is 1. The Hall–Kier alpha value is -0.180. The summed E-state index contributed by atoms with van der Waals surface area (Å²) in [6.07, 6.45) is 0.187. The molecule has 1 heterocycles. The van der Waals surface area contributed by atoms with Crippen molar-refractivity contribution in [3.63, 3.8) is 0 Å². The van der Waals surface area contributed by atoms with E-state index in [1.54, 1.807) is 4.90 Å². The molecule has 1 aliphatic heterocycles. The van der Waals surface area contributed by atoms with Crippen molar-refractivity contribution in [3.05, 3.63) is 0 Å². The third-order valence-electron chi connectivity index (χ3n) is 2.17. The molecule has 1 N–H and O–H groups in total. The highest BCUT2D eigenvalue weighted by molar-refractivity contribution is 9.10. The number of hydrogen-bond acceptors (Lipinski definition) is 4. The average Bonchev–Trinajstić information content (AvgIpc) is 2.30. The normalized spacial score (nSPS) is 17.4. The first-order chi connectivity index (χ1) is 7.55. The third-order valence-corrected chi connectivity index (χ3v) is 4.91. The van der Waals surface area contributed by atoms with Crippen molar-refractivity contribution in [3.8, 4) is 0 Å². The van der Waals surface area contributed by atoms with Crippen LogP contribution in [0.5, 0.6) is 0 Å². The molecule has 0 radical (unpaired) electrons. The summed E-state index contributed by atoms with van der Waals surface area (Å²) in [5, 5.41) is 0. The standard InChI is InChI=1S/C8H15BrN2O4S/c9-7-16(13,14)10-2-1-8(12)11-3-5-15-6-4-11/h10H,1-7H2. The number of alkyl halides is 1. The number of sulfonamides is 1. The highest BCUT2D eigenvalue weighted by Gasteiger charge is 2.17. The minimum atomic E-state index is -3.27. The predicted octanol–water partition coefficient (Wildman–Crippen LogP) is -0.493. The molecule has 0 unspecified atom stereocenters. The molecule has 0 aromatic rings. The highest BCUT2D eigenvalue weighted by atomic mass is 79.9. The van der Waals surface area contributed by atoms with E-state index in [-0.39, 0.29) is 23.5 Å². The zero-order valence-corrected chi connectivity index (χ0v) is 11.2. The minimum Gasteiger partial charge on any atom is -0.378 e. The molecule has 1 saturated heterocycles. The van der Waals surface area contributed by atoms with E-state index >= 15 is 0 Å². The molecule has 0 saturated carbocycles. The predicted molar refractivity (Wildman–Crippen MR) is 62.7 cm³/mol. The molecule has 16 heavy (non-hydrogen) atoms. The van der Waals surface area contributed by atoms with E-state index in [0.29, 0.717) is 26.3 Å². The van der Waals surface area contributed by atoms with Gasteiger partial charge in [0, 0.05) is 26.1 Å². The van der Waals surface area contributed by atoms with Crippen LogP contribution in [-0.4, -0.2) is 56.7 Å². The number of amides is 1. The molecule has 1 fully saturated rings. The first-order valence-electron chi connectivity index (χ1n) is 4.94. The van der Waals surface area contributed by atoms with Crippen LogP contribution >= 0.6 is 15.9 Å². The molecule has 0 bridgehead atoms. The van der Waals surface area contributed by atoms with Gasteiger partial charge in [-0.05, 0) is 0 Å². The van der Waals surface area contributed by atoms with E-state index in [9.17, 15) is 13.2 Å². The van der Waals surface area contributed by atoms with Gasteiger partial charge in [-0.1, -0.05) is 15.9 Å². The van der Waals surface area contributed by atoms with Crippen molar-refractivity contribution in [2.75, 3.05) is 37.5 Å². The van der Waals surface area contributed by atoms with E-state index in [0.717, 1.165) is 0 Å². The summed E-state index contributed by atoms with van der Waals surface area (Å²) in [5.74, 6) is -0.0411. The summed E-state index contributed by atoms with van der Waals surface area (Å²) in [7, 11) is -3.27. The van der Waals surface area contributed by atoms with Crippen molar-refractivity contribution < 1.29 is 17.9 Å². The van der Waals surface area contributed by atoms with E-state index in [1.807, 2.05) is 0 Å². The zero-order valence-electron chi connectivity index (χ0n) is 8.82. The smallest absolute Gasteiger partial charge is 0.224 e. The number of carbonyl (C=O) groups excluding carboxylic acids is 1. The van der Waals surface area contributed by atoms with Gasteiger partial charge in [0.25, 0.3) is 0 Å². The van der Waals surface area contributed by atoms with Crippen LogP contribution in [0, 0.1) is 0 Å². The number of carbonyl (C=O) groups is 1. The number of nitrogens with one attached hydrogen (secondary N) is 1. The maximum Gasteiger partial charge on any atom is 0.224 e. The number of halogens is 1. The Kier molecular flexibility index (Phi) is 5.67. The Balaban J connectivity index is 2.24. The zero-order chi connectivity index (χ0) is 12.0. The molecule has 0 spiro atoms. The molecule has 0 aliphatic carbocycles. The van der Waals surface area contributed by atoms with Gasteiger partial charge in [-0.25, -0.2) is 13.1 Å². The molecule has 0 aromatic carbocycles. The topological polar surface area (TPSA) is 75.7 Å². The lowest BCUT2D eigenvalue weighted by Crippen LogP contribution is -2.42. The summed E-state index contributed by atoms with van der Waals surface area (Å²) in [6.45, 7) is 2.43. The van der Waals surface area contributed by atoms with Crippen molar-refractivity contribution in [2.24, 2.45) is 0 Å². The van der Waals surface area contributed by atoms with E-state index in [1.165, 1.54) is 0 Å². The fourth-order valence-corrected chi connectivity index (χ4v) is 2.30. The van der Waals surface area contributed by atoms with Crippen molar-refractivity contribution >= 4 is 31.9 Å². The number of rotatable bonds is 5. The van der Waals surface area contributed by atoms with Gasteiger partial charge in [-0.15, -0.1) is 0 Å². The Labute approximate surface area is 104 Å². The Morgan fingerprint density at radius 1 is 1.38 bits per heavy atom. The molecule has 94 valence electrons. The van der Waals surface area contributed by atoms with Crippen LogP contribution in [0.3, 0.4) is 0 Å². The number of ether oxygens (including phenoxy) is 1. The van der Waals surface area contributed by atoms with Crippen LogP contribution < -0.4 is 4.72 Å². The summed E-state index contributed by atoms with van der Waals surface area (Å²) in [5.41, 5.74) is 0. The quantitative estimate of drug-likeness (QED) is 0.695. The molecule has 8 heteroatoms. The lowest BCUT2D eigenvalue weighted by atomic mass is 10.3. The van der Waals surface area contributed by atoms with Gasteiger partial charge in [-0.2, -0.15) is 0 Å². The molecule has 0 atom stereocenters. The van der Waals surface area contributed by atoms with E-state index < -0.39 is 10.0 Å². The van der Waals surface area contributed by atoms with Crippen molar-refractivity contribution in [1.82, 2.24) is 9.62 Å². The molecule has 6 nitrogen and oxygen atoms in total. The second-order valence-corrected chi connectivity index (χ2v) is 6.47. The van der Waals surface area contributed by atoms with E-state index in [2.05, 4.69) is 20.7 Å². The highest BCUT2D eigenvalue weighted by Crippen LogP contribution is 2.00. The van der Waals surface area contributed by atoms with Crippen molar-refractivity contribution in [1.29, 1.82) is 0 Å². The Morgan fingerprint density at radius 2 is 2.00 bits per heavy atom. The second kappa shape index (κ2) is 6.53. The van der Waals surface area contributed by atoms with Gasteiger partial charge in [0.1, 0.15) is 4.66 Å². The number of nitrogens with zero attached hydrogens (tertiary/aromatic N) is 1. The Bertz CT molecular complexity index is 327. The van der Waals surface area contributed by atoms with Gasteiger partial charge in [0.2, 0.25) is 15.9 Å². The van der Waals surface area contributed by atoms with Gasteiger partial charge in [0.15, 0.2) is 0 Å². The number of morpholine rings is 1. The second-order valence-electron chi connectivity index (χ2n) is 3.36. The first-order valence-corrected chi connectivity index (χ1v) is 7.71. The molecular weight excluding hydrogens is 300 g/mol. The maximum absolute atomic E-state index is 11.6. The van der Waals surface area contributed by atoms with Crippen LogP contribution in [0.25, 0.3) is 0 Å². The summed E-state index contributed by atoms with van der Waals surface area (Å²) in [4.78, 5) is 13.3. The van der Waals surface area contributed by atoms with Gasteiger partial charge >= 0.3 is 0 Å². The largest absolute Gasteiger partial charge is 0.378 e. The van der Waals surface area contributed by atoms with Crippen LogP contribution in [0.1, 0.15) is 6.42 Å². The minimum absolute atomic E-state index is 0.0411. The van der Waals surface area contributed by atoms with E-state index in [4.69, 9.17) is 4.74 Å². The molecule has 1 aliphatic rings. The van der Waals surface area contributed by atoms with Crippen LogP contribution in [0.2, 0.25) is 0 Å². The van der Waals surface area contributed by atoms with Crippen LogP contribution in [0.4, 0.5) is 0 Å². The van der Waals surface area contributed by atoms with Gasteiger partial charge in [0.05, 0.1) is 13.2 Å². The van der Waals surface area contributed by atoms with Crippen molar-refractivity contribution in [2.45, 2.75) is 6.42 Å². The third kappa shape index (κ3) is 4.77. The first kappa shape index (κ1) is 13.9. The monoisotopic (exact) mass is 314 g/mol. The summed E-state index contributed by atoms with van der Waals surface area (Å²) in [6, 6.07) is 0. The fraction of sp³-hybridized carbons (Fsp3) is 0.875. The van der Waals surface area contributed by atoms with Gasteiger partial charge in [-0.3, -0.25) is 4.79 Å². The summed E-state index contributed by atoms with van der Waals surface area (Å²) < 4.78 is 29.4. The molecular formula is C8H15BrN2O4S.